The van der Waals surface area contributed by atoms with Crippen molar-refractivity contribution in [1.82, 2.24) is 0 Å². The second kappa shape index (κ2) is 5.92. The van der Waals surface area contributed by atoms with Gasteiger partial charge in [0.1, 0.15) is 0 Å². The number of hydrogen-bond donors (Lipinski definition) is 1. The Morgan fingerprint density at radius 3 is 2.53 bits per heavy atom. The van der Waals surface area contributed by atoms with Crippen molar-refractivity contribution in [3.8, 4) is 0 Å². The van der Waals surface area contributed by atoms with E-state index < -0.39 is 17.7 Å². The lowest BCUT2D eigenvalue weighted by Crippen LogP contribution is -2.24. The van der Waals surface area contributed by atoms with Crippen molar-refractivity contribution in [1.29, 1.82) is 0 Å². The van der Waals surface area contributed by atoms with Crippen LogP contribution in [0.5, 0.6) is 0 Å². The molecule has 0 aliphatic rings. The molecule has 0 bridgehead atoms. The topological polar surface area (TPSA) is 49.8 Å². The molecule has 0 radical (unpaired) electrons. The average Bonchev–Trinajstić information content (AvgIpc) is 2.34. The summed E-state index contributed by atoms with van der Waals surface area (Å²) in [6, 6.07) is 2.66. The standard InChI is InChI=1S/C12H14F3NO3/c1-16(5-6-19-2)10-4-3-8(12(13,14)15)7-9(10)11(17)18/h3-4,7H,5-6H2,1-2H3,(H,17,18). The highest BCUT2D eigenvalue weighted by atomic mass is 19.4. The summed E-state index contributed by atoms with van der Waals surface area (Å²) >= 11 is 0. The van der Waals surface area contributed by atoms with Crippen molar-refractivity contribution < 1.29 is 27.8 Å². The van der Waals surface area contributed by atoms with Gasteiger partial charge in [-0.15, -0.1) is 0 Å². The summed E-state index contributed by atoms with van der Waals surface area (Å²) in [5, 5.41) is 9.00. The molecule has 1 N–H and O–H groups in total. The zero-order chi connectivity index (χ0) is 14.6. The number of rotatable bonds is 5. The van der Waals surface area contributed by atoms with Crippen LogP contribution in [0.15, 0.2) is 18.2 Å². The van der Waals surface area contributed by atoms with E-state index in [1.807, 2.05) is 0 Å². The Labute approximate surface area is 108 Å². The Bertz CT molecular complexity index is 460. The third-order valence-corrected chi connectivity index (χ3v) is 2.60. The Kier molecular flexibility index (Phi) is 4.77. The number of nitrogens with zero attached hydrogens (tertiary/aromatic N) is 1. The molecule has 0 aliphatic heterocycles. The predicted molar refractivity (Wildman–Crippen MR) is 63.5 cm³/mol. The largest absolute Gasteiger partial charge is 0.478 e. The zero-order valence-corrected chi connectivity index (χ0v) is 10.5. The van der Waals surface area contributed by atoms with Gasteiger partial charge in [-0.25, -0.2) is 4.79 Å². The van der Waals surface area contributed by atoms with Gasteiger partial charge in [-0.05, 0) is 18.2 Å². The highest BCUT2D eigenvalue weighted by Gasteiger charge is 2.32. The Hall–Kier alpha value is -1.76. The van der Waals surface area contributed by atoms with Gasteiger partial charge in [-0.2, -0.15) is 13.2 Å². The van der Waals surface area contributed by atoms with Crippen molar-refractivity contribution >= 4 is 11.7 Å². The predicted octanol–water partition coefficient (Wildman–Crippen LogP) is 2.49. The summed E-state index contributed by atoms with van der Waals surface area (Å²) < 4.78 is 42.5. The Morgan fingerprint density at radius 1 is 1.42 bits per heavy atom. The quantitative estimate of drug-likeness (QED) is 0.898. The zero-order valence-electron chi connectivity index (χ0n) is 10.5. The molecule has 0 saturated heterocycles. The second-order valence-electron chi connectivity index (χ2n) is 3.95. The van der Waals surface area contributed by atoms with Crippen LogP contribution in [-0.2, 0) is 10.9 Å². The van der Waals surface area contributed by atoms with E-state index in [1.54, 1.807) is 7.05 Å². The van der Waals surface area contributed by atoms with Gasteiger partial charge < -0.3 is 14.7 Å². The van der Waals surface area contributed by atoms with Crippen molar-refractivity contribution in [3.05, 3.63) is 29.3 Å². The number of hydrogen-bond acceptors (Lipinski definition) is 3. The molecule has 19 heavy (non-hydrogen) atoms. The van der Waals surface area contributed by atoms with Crippen LogP contribution in [-0.4, -0.2) is 38.4 Å². The molecule has 1 rings (SSSR count). The minimum atomic E-state index is -4.56. The minimum Gasteiger partial charge on any atom is -0.478 e. The van der Waals surface area contributed by atoms with Crippen LogP contribution in [0.1, 0.15) is 15.9 Å². The smallest absolute Gasteiger partial charge is 0.416 e. The number of carbonyl (C=O) groups is 1. The first kappa shape index (κ1) is 15.3. The highest BCUT2D eigenvalue weighted by molar-refractivity contribution is 5.94. The SMILES string of the molecule is COCCN(C)c1ccc(C(F)(F)F)cc1C(=O)O. The lowest BCUT2D eigenvalue weighted by Gasteiger charge is -2.21. The summed E-state index contributed by atoms with van der Waals surface area (Å²) in [6.07, 6.45) is -4.56. The van der Waals surface area contributed by atoms with E-state index in [0.717, 1.165) is 12.1 Å². The summed E-state index contributed by atoms with van der Waals surface area (Å²) in [5.74, 6) is -1.40. The van der Waals surface area contributed by atoms with Crippen LogP contribution in [0.2, 0.25) is 0 Å². The van der Waals surface area contributed by atoms with E-state index in [2.05, 4.69) is 0 Å². The molecule has 0 saturated carbocycles. The molecule has 0 heterocycles. The number of anilines is 1. The van der Waals surface area contributed by atoms with Gasteiger partial charge in [0, 0.05) is 20.7 Å². The number of benzene rings is 1. The fourth-order valence-corrected chi connectivity index (χ4v) is 1.57. The van der Waals surface area contributed by atoms with Crippen molar-refractivity contribution in [2.24, 2.45) is 0 Å². The lowest BCUT2D eigenvalue weighted by atomic mass is 10.1. The molecule has 4 nitrogen and oxygen atoms in total. The minimum absolute atomic E-state index is 0.220. The van der Waals surface area contributed by atoms with E-state index in [-0.39, 0.29) is 11.3 Å². The highest BCUT2D eigenvalue weighted by Crippen LogP contribution is 2.32. The van der Waals surface area contributed by atoms with E-state index >= 15 is 0 Å². The lowest BCUT2D eigenvalue weighted by molar-refractivity contribution is -0.137. The molecule has 106 valence electrons. The normalized spacial score (nSPS) is 11.4. The van der Waals surface area contributed by atoms with Crippen molar-refractivity contribution in [2.45, 2.75) is 6.18 Å². The number of carboxylic acids is 1. The summed E-state index contributed by atoms with van der Waals surface area (Å²) in [6.45, 7) is 0.721. The molecule has 0 unspecified atom stereocenters. The van der Waals surface area contributed by atoms with Crippen LogP contribution in [0, 0.1) is 0 Å². The number of halogens is 3. The fourth-order valence-electron chi connectivity index (χ4n) is 1.57. The van der Waals surface area contributed by atoms with Crippen LogP contribution < -0.4 is 4.90 Å². The molecule has 0 spiro atoms. The maximum atomic E-state index is 12.5. The van der Waals surface area contributed by atoms with Crippen LogP contribution in [0.3, 0.4) is 0 Å². The van der Waals surface area contributed by atoms with Gasteiger partial charge in [0.15, 0.2) is 0 Å². The van der Waals surface area contributed by atoms with E-state index in [1.165, 1.54) is 12.0 Å². The summed E-state index contributed by atoms with van der Waals surface area (Å²) in [4.78, 5) is 12.6. The number of likely N-dealkylation sites (N-methyl/N-ethyl adjacent to an activating group) is 1. The molecule has 1 aromatic rings. The van der Waals surface area contributed by atoms with Gasteiger partial charge in [0.05, 0.1) is 23.4 Å². The van der Waals surface area contributed by atoms with Gasteiger partial charge in [-0.3, -0.25) is 0 Å². The van der Waals surface area contributed by atoms with Crippen LogP contribution in [0.25, 0.3) is 0 Å². The number of methoxy groups -OCH3 is 1. The van der Waals surface area contributed by atoms with Gasteiger partial charge in [0.2, 0.25) is 0 Å². The first-order valence-corrected chi connectivity index (χ1v) is 5.42. The molecule has 0 aromatic heterocycles. The van der Waals surface area contributed by atoms with Crippen LogP contribution in [0.4, 0.5) is 18.9 Å². The summed E-state index contributed by atoms with van der Waals surface area (Å²) in [5.41, 5.74) is -1.14. The first-order valence-electron chi connectivity index (χ1n) is 5.42. The molecular formula is C12H14F3NO3. The summed E-state index contributed by atoms with van der Waals surface area (Å²) in [7, 11) is 3.08. The number of ether oxygens (including phenoxy) is 1. The molecule has 7 heteroatoms. The van der Waals surface area contributed by atoms with Crippen molar-refractivity contribution in [3.63, 3.8) is 0 Å². The third kappa shape index (κ3) is 3.85. The Morgan fingerprint density at radius 2 is 2.05 bits per heavy atom. The number of aromatic carboxylic acids is 1. The van der Waals surface area contributed by atoms with Crippen LogP contribution >= 0.6 is 0 Å². The molecular weight excluding hydrogens is 263 g/mol. The van der Waals surface area contributed by atoms with E-state index in [9.17, 15) is 18.0 Å². The fraction of sp³-hybridized carbons (Fsp3) is 0.417. The van der Waals surface area contributed by atoms with Gasteiger partial charge in [-0.1, -0.05) is 0 Å². The number of carboxylic acid groups (broad SMARTS) is 1. The van der Waals surface area contributed by atoms with Gasteiger partial charge in [0.25, 0.3) is 0 Å². The third-order valence-electron chi connectivity index (χ3n) is 2.60. The molecule has 0 aliphatic carbocycles. The first-order chi connectivity index (χ1) is 8.77. The van der Waals surface area contributed by atoms with E-state index in [0.29, 0.717) is 19.2 Å². The van der Waals surface area contributed by atoms with Crippen molar-refractivity contribution in [2.75, 3.05) is 32.2 Å². The molecule has 0 fully saturated rings. The second-order valence-corrected chi connectivity index (χ2v) is 3.95. The van der Waals surface area contributed by atoms with Gasteiger partial charge >= 0.3 is 12.1 Å². The number of alkyl halides is 3. The monoisotopic (exact) mass is 277 g/mol. The maximum absolute atomic E-state index is 12.5. The maximum Gasteiger partial charge on any atom is 0.416 e. The average molecular weight is 277 g/mol. The molecule has 0 atom stereocenters. The molecule has 0 amide bonds. The van der Waals surface area contributed by atoms with E-state index in [4.69, 9.17) is 9.84 Å². The molecule has 1 aromatic carbocycles. The Balaban J connectivity index is 3.15.